The molecule has 3 aromatic rings. The lowest BCUT2D eigenvalue weighted by Gasteiger charge is -2.57. The molecule has 82 heavy (non-hydrogen) atoms. The highest BCUT2D eigenvalue weighted by molar-refractivity contribution is 5.98. The lowest BCUT2D eigenvalue weighted by Crippen LogP contribution is -2.61. The number of nitrogens with two attached hydrogens (primary N) is 3. The number of hydrogen-bond acceptors (Lipinski definition) is 12. The van der Waals surface area contributed by atoms with Gasteiger partial charge in [0.2, 0.25) is 5.91 Å². The van der Waals surface area contributed by atoms with Gasteiger partial charge in [0.25, 0.3) is 0 Å². The molecular formula is C67H87N7O8. The molecular weight excluding hydrogens is 1030 g/mol. The zero-order valence-corrected chi connectivity index (χ0v) is 48.1. The zero-order chi connectivity index (χ0) is 58.3. The molecule has 6 aliphatic rings. The van der Waals surface area contributed by atoms with Gasteiger partial charge in [-0.25, -0.2) is 0 Å². The number of likely N-dealkylation sites (N-methyl/N-ethyl adjacent to an activating group) is 1. The number of nitrogens with zero attached hydrogens (tertiary/aromatic N) is 1. The van der Waals surface area contributed by atoms with Crippen LogP contribution in [0.25, 0.3) is 0 Å². The molecule has 3 aromatic carbocycles. The standard InChI is InChI=1S/C67H87N7O8/c1-5-71-56-27-20-40(2)12-6-7-31-82-39-48(17-8-13-41(56)3)59-47-18-11-29-66(81)30-28-51-42(4)57(77)35-46-16-10-19-52-60(46)61(64(80)74-63(52)68)72-38-58(78)53(54(37-73-65(69)70)45-21-23-49(75)24-22-45)34-44-15-9-14-43(32-44)33-50(76)25-26-55(51)67(66,36-47)62(59)79/h8-10,13-17,19-24,32,47,50,53-56,58-59,61-63,71-72,75-76,78-79,81H,3,5,11-12,18,25-31,33-39,68H2,1-2,4H3,(H,74,80)(H4,69,70,73). The average molecular weight is 1120 g/mol. The van der Waals surface area contributed by atoms with Crippen molar-refractivity contribution < 1.29 is 39.9 Å². The van der Waals surface area contributed by atoms with Crippen molar-refractivity contribution in [3.63, 3.8) is 0 Å². The molecule has 0 radical (unpaired) electrons. The largest absolute Gasteiger partial charge is 0.508 e. The van der Waals surface area contributed by atoms with Crippen LogP contribution in [0.5, 0.6) is 5.75 Å². The number of rotatable bonds is 7. The van der Waals surface area contributed by atoms with Crippen molar-refractivity contribution >= 4 is 17.6 Å². The first-order valence-corrected chi connectivity index (χ1v) is 29.7. The summed E-state index contributed by atoms with van der Waals surface area (Å²) in [6.07, 6.45) is 10.7. The Morgan fingerprint density at radius 3 is 2.52 bits per heavy atom. The molecule has 0 aromatic heterocycles. The summed E-state index contributed by atoms with van der Waals surface area (Å²) in [7, 11) is 0. The molecule has 4 bridgehead atoms. The fourth-order valence-corrected chi connectivity index (χ4v) is 15.1. The monoisotopic (exact) mass is 1120 g/mol. The number of hydrogen-bond donors (Lipinski definition) is 11. The molecule has 9 rings (SSSR count). The predicted octanol–water partition coefficient (Wildman–Crippen LogP) is 6.60. The Hall–Kier alpha value is -6.19. The molecule has 438 valence electrons. The van der Waals surface area contributed by atoms with Crippen molar-refractivity contribution in [2.75, 3.05) is 32.8 Å². The molecule has 0 saturated heterocycles. The number of amides is 1. The number of phenolic OH excluding ortho intramolecular Hbond substituents is 1. The van der Waals surface area contributed by atoms with Crippen LogP contribution in [0, 0.1) is 40.9 Å². The Labute approximate surface area is 484 Å². The number of benzene rings is 3. The van der Waals surface area contributed by atoms with Gasteiger partial charge in [-0.2, -0.15) is 0 Å². The van der Waals surface area contributed by atoms with E-state index in [0.717, 1.165) is 59.2 Å². The third kappa shape index (κ3) is 13.1. The molecule has 3 aliphatic heterocycles. The van der Waals surface area contributed by atoms with E-state index in [2.05, 4.69) is 65.4 Å². The second-order valence-corrected chi connectivity index (χ2v) is 24.2. The van der Waals surface area contributed by atoms with Crippen LogP contribution in [0.4, 0.5) is 0 Å². The molecule has 3 heterocycles. The number of β-amino-alcohol motifs (C(OH)–C–C–N with tert-alkyl or cyclic N) is 1. The summed E-state index contributed by atoms with van der Waals surface area (Å²) in [5.74, 6) is 4.00. The summed E-state index contributed by atoms with van der Waals surface area (Å²) in [6.45, 7) is 11.8. The highest BCUT2D eigenvalue weighted by atomic mass is 16.5. The van der Waals surface area contributed by atoms with Crippen LogP contribution in [0.3, 0.4) is 0 Å². The number of aliphatic imine (C=N–C) groups is 1. The number of aromatic hydroxyl groups is 1. The SMILES string of the molecule is C=C1C=CC=C(C2C3CCCC4(O)CCC5=C(C)C(=O)Cc6cccc7c6C(NCC(O)C(C(CN=C(N)N)c6ccc(O)cc6)Cc6cccc(c6)CC(O)CCC5C4(C3)C2O)C(=O)NC7N)COCC#CCC(C)=CCC1NCC. The van der Waals surface area contributed by atoms with Crippen molar-refractivity contribution in [1.82, 2.24) is 16.0 Å². The van der Waals surface area contributed by atoms with Crippen LogP contribution in [0.1, 0.15) is 136 Å². The number of carbonyl (C=O) groups excluding carboxylic acids is 2. The Morgan fingerprint density at radius 2 is 1.76 bits per heavy atom. The van der Waals surface area contributed by atoms with Gasteiger partial charge in [0.05, 0.1) is 30.5 Å². The number of phenols is 1. The Kier molecular flexibility index (Phi) is 19.6. The van der Waals surface area contributed by atoms with Gasteiger partial charge in [0, 0.05) is 49.2 Å². The minimum atomic E-state index is -1.28. The van der Waals surface area contributed by atoms with Gasteiger partial charge >= 0.3 is 0 Å². The molecule has 3 aliphatic carbocycles. The number of ketones is 1. The maximum Gasteiger partial charge on any atom is 0.243 e. The van der Waals surface area contributed by atoms with Crippen LogP contribution >= 0.6 is 0 Å². The number of fused-ring (bicyclic) bond motifs is 4. The lowest BCUT2D eigenvalue weighted by molar-refractivity contribution is -0.181. The van der Waals surface area contributed by atoms with Gasteiger partial charge < -0.3 is 58.1 Å². The van der Waals surface area contributed by atoms with Crippen LogP contribution in [-0.4, -0.2) is 106 Å². The first kappa shape index (κ1) is 60.4. The number of Topliss-reactive ketones (excluding diaryl/α,β-unsaturated/α-hetero) is 1. The van der Waals surface area contributed by atoms with Crippen molar-refractivity contribution in [3.8, 4) is 17.6 Å². The normalized spacial score (nSPS) is 31.8. The number of aliphatic hydroxyl groups is 4. The maximum atomic E-state index is 15.3. The maximum absolute atomic E-state index is 15.3. The van der Waals surface area contributed by atoms with Gasteiger partial charge in [-0.05, 0) is 165 Å². The zero-order valence-electron chi connectivity index (χ0n) is 48.1. The van der Waals surface area contributed by atoms with Gasteiger partial charge in [-0.15, -0.1) is 0 Å². The topological polar surface area (TPSA) is 271 Å². The summed E-state index contributed by atoms with van der Waals surface area (Å²) in [6, 6.07) is 19.3. The molecule has 13 atom stereocenters. The van der Waals surface area contributed by atoms with E-state index in [1.807, 2.05) is 61.5 Å². The van der Waals surface area contributed by atoms with Crippen LogP contribution in [-0.2, 0) is 33.6 Å². The molecule has 3 fully saturated rings. The minimum Gasteiger partial charge on any atom is -0.508 e. The van der Waals surface area contributed by atoms with Crippen molar-refractivity contribution in [1.29, 1.82) is 0 Å². The number of ether oxygens (including phenoxy) is 1. The number of allylic oxidation sites excluding steroid dienone is 5. The average Bonchev–Trinajstić information content (AvgIpc) is 3.63. The molecule has 1 amide bonds. The number of nitrogens with one attached hydrogen (secondary N) is 3. The van der Waals surface area contributed by atoms with E-state index in [1.54, 1.807) is 24.3 Å². The first-order chi connectivity index (χ1) is 39.4. The summed E-state index contributed by atoms with van der Waals surface area (Å²) in [5, 5.41) is 72.0. The quantitative estimate of drug-likeness (QED) is 0.0516. The Bertz CT molecular complexity index is 3040. The second kappa shape index (κ2) is 26.6. The van der Waals surface area contributed by atoms with E-state index in [0.29, 0.717) is 80.1 Å². The molecule has 14 N–H and O–H groups in total. The van der Waals surface area contributed by atoms with Crippen molar-refractivity contribution in [2.45, 2.75) is 152 Å². The second-order valence-electron chi connectivity index (χ2n) is 24.2. The Morgan fingerprint density at radius 1 is 0.988 bits per heavy atom. The first-order valence-electron chi connectivity index (χ1n) is 29.7. The minimum absolute atomic E-state index is 0.0137. The molecule has 13 unspecified atom stereocenters. The summed E-state index contributed by atoms with van der Waals surface area (Å²) >= 11 is 0. The molecule has 1 spiro atoms. The summed E-state index contributed by atoms with van der Waals surface area (Å²) < 4.78 is 6.35. The molecule has 15 nitrogen and oxygen atoms in total. The van der Waals surface area contributed by atoms with Crippen molar-refractivity contribution in [2.24, 2.45) is 51.3 Å². The smallest absolute Gasteiger partial charge is 0.243 e. The van der Waals surface area contributed by atoms with E-state index in [4.69, 9.17) is 21.9 Å². The Balaban J connectivity index is 1.13. The van der Waals surface area contributed by atoms with E-state index < -0.39 is 65.2 Å². The van der Waals surface area contributed by atoms with Gasteiger partial charge in [-0.1, -0.05) is 122 Å². The van der Waals surface area contributed by atoms with Crippen LogP contribution in [0.15, 0.2) is 130 Å². The summed E-state index contributed by atoms with van der Waals surface area (Å²) in [4.78, 5) is 34.0. The third-order valence-corrected chi connectivity index (χ3v) is 19.2. The fourth-order valence-electron chi connectivity index (χ4n) is 15.1. The fraction of sp³-hybridized carbons (Fsp3) is 0.507. The number of guanidine groups is 1. The highest BCUT2D eigenvalue weighted by Crippen LogP contribution is 2.68. The summed E-state index contributed by atoms with van der Waals surface area (Å²) in [5.41, 5.74) is 25.0. The van der Waals surface area contributed by atoms with Crippen LogP contribution < -0.4 is 33.2 Å². The van der Waals surface area contributed by atoms with Gasteiger partial charge in [0.15, 0.2) is 11.7 Å². The number of aliphatic hydroxyl groups excluding tert-OH is 3. The lowest BCUT2D eigenvalue weighted by atomic mass is 9.51. The molecule has 3 saturated carbocycles. The van der Waals surface area contributed by atoms with E-state index in [9.17, 15) is 30.3 Å². The third-order valence-electron chi connectivity index (χ3n) is 19.2. The van der Waals surface area contributed by atoms with E-state index in [-0.39, 0.29) is 68.1 Å². The highest BCUT2D eigenvalue weighted by Gasteiger charge is 2.69. The number of carbonyl (C=O) groups is 2. The van der Waals surface area contributed by atoms with Crippen LogP contribution in [0.2, 0.25) is 0 Å². The van der Waals surface area contributed by atoms with Crippen molar-refractivity contribution in [3.05, 3.63) is 159 Å². The van der Waals surface area contributed by atoms with Gasteiger partial charge in [-0.3, -0.25) is 19.9 Å². The predicted molar refractivity (Wildman–Crippen MR) is 321 cm³/mol. The van der Waals surface area contributed by atoms with Gasteiger partial charge in [0.1, 0.15) is 24.6 Å². The van der Waals surface area contributed by atoms with E-state index in [1.165, 1.54) is 5.57 Å². The molecule has 15 heteroatoms. The van der Waals surface area contributed by atoms with E-state index >= 15 is 4.79 Å².